The van der Waals surface area contributed by atoms with Crippen molar-refractivity contribution in [2.24, 2.45) is 11.3 Å². The molecule has 4 rings (SSSR count). The largest absolute Gasteiger partial charge is 0.348 e. The van der Waals surface area contributed by atoms with Gasteiger partial charge in [-0.15, -0.1) is 0 Å². The molecule has 1 fully saturated rings. The Morgan fingerprint density at radius 2 is 1.92 bits per heavy atom. The van der Waals surface area contributed by atoms with E-state index in [2.05, 4.69) is 45.5 Å². The number of benzene rings is 1. The number of likely N-dealkylation sites (tertiary alicyclic amines) is 1. The van der Waals surface area contributed by atoms with Crippen LogP contribution in [-0.4, -0.2) is 28.9 Å². The van der Waals surface area contributed by atoms with E-state index in [-0.39, 0.29) is 17.4 Å². The normalized spacial score (nSPS) is 25.0. The predicted octanol–water partition coefficient (Wildman–Crippen LogP) is 3.51. The minimum atomic E-state index is -0.374. The fourth-order valence-electron chi connectivity index (χ4n) is 4.36. The summed E-state index contributed by atoms with van der Waals surface area (Å²) in [6, 6.07) is 12.9. The second kappa shape index (κ2) is 6.51. The van der Waals surface area contributed by atoms with Crippen LogP contribution in [-0.2, 0) is 11.3 Å². The Hall–Kier alpha value is -2.20. The molecule has 1 aliphatic heterocycles. The molecule has 1 aromatic carbocycles. The number of carbonyl (C=O) groups is 1. The number of pyridine rings is 1. The molecule has 0 unspecified atom stereocenters. The number of nitrogens with one attached hydrogen (secondary N) is 1. The van der Waals surface area contributed by atoms with Crippen molar-refractivity contribution in [3.8, 4) is 0 Å². The van der Waals surface area contributed by atoms with Gasteiger partial charge < -0.3 is 5.32 Å². The Bertz CT molecular complexity index is 797. The van der Waals surface area contributed by atoms with Gasteiger partial charge in [-0.25, -0.2) is 0 Å². The van der Waals surface area contributed by atoms with E-state index in [1.807, 2.05) is 39.2 Å². The predicted molar refractivity (Wildman–Crippen MR) is 103 cm³/mol. The molecule has 2 aliphatic rings. The summed E-state index contributed by atoms with van der Waals surface area (Å²) in [6.45, 7) is 8.89. The molecule has 1 aromatic heterocycles. The highest BCUT2D eigenvalue weighted by molar-refractivity contribution is 5.82. The first-order chi connectivity index (χ1) is 12.4. The summed E-state index contributed by atoms with van der Waals surface area (Å²) in [6.07, 6.45) is 3.76. The van der Waals surface area contributed by atoms with Gasteiger partial charge in [0.25, 0.3) is 0 Å². The number of hydrogen-bond donors (Lipinski definition) is 1. The third-order valence-electron chi connectivity index (χ3n) is 5.70. The molecule has 0 spiro atoms. The topological polar surface area (TPSA) is 45.2 Å². The first-order valence-electron chi connectivity index (χ1n) is 9.44. The highest BCUT2D eigenvalue weighted by Crippen LogP contribution is 2.49. The van der Waals surface area contributed by atoms with Crippen molar-refractivity contribution in [2.45, 2.75) is 39.3 Å². The van der Waals surface area contributed by atoms with Crippen LogP contribution in [0.4, 0.5) is 0 Å². The van der Waals surface area contributed by atoms with Gasteiger partial charge in [-0.1, -0.05) is 51.1 Å². The van der Waals surface area contributed by atoms with Crippen molar-refractivity contribution in [2.75, 3.05) is 13.1 Å². The maximum atomic E-state index is 12.7. The molecule has 136 valence electrons. The van der Waals surface area contributed by atoms with Crippen LogP contribution in [0.2, 0.25) is 0 Å². The lowest BCUT2D eigenvalue weighted by Gasteiger charge is -2.26. The van der Waals surface area contributed by atoms with Gasteiger partial charge >= 0.3 is 0 Å². The number of nitrogens with zero attached hydrogens (tertiary/aromatic N) is 2. The first kappa shape index (κ1) is 17.2. The molecule has 0 radical (unpaired) electrons. The number of fused-ring (bicyclic) bond motifs is 3. The number of hydrogen-bond acceptors (Lipinski definition) is 3. The zero-order valence-corrected chi connectivity index (χ0v) is 15.8. The molecule has 2 heterocycles. The molecular weight excluding hydrogens is 322 g/mol. The molecule has 1 amide bonds. The van der Waals surface area contributed by atoms with Gasteiger partial charge in [0.1, 0.15) is 0 Å². The van der Waals surface area contributed by atoms with E-state index in [4.69, 9.17) is 0 Å². The second-order valence-electron chi connectivity index (χ2n) is 8.66. The standard InChI is InChI=1S/C22H27N3O/c1-22(2,3)21(26)24-20-17-9-5-4-8-16(17)18-13-25(14-19(18)20)12-15-7-6-10-23-11-15/h4-11,18-20H,12-14H2,1-3H3,(H,24,26)/t18-,19-,20+/m0/s1. The minimum Gasteiger partial charge on any atom is -0.348 e. The average molecular weight is 349 g/mol. The number of carbonyl (C=O) groups excluding carboxylic acids is 1. The van der Waals surface area contributed by atoms with E-state index < -0.39 is 0 Å². The van der Waals surface area contributed by atoms with Crippen molar-refractivity contribution in [1.82, 2.24) is 15.2 Å². The van der Waals surface area contributed by atoms with Gasteiger partial charge in [-0.3, -0.25) is 14.7 Å². The molecular formula is C22H27N3O. The van der Waals surface area contributed by atoms with E-state index in [1.54, 1.807) is 0 Å². The van der Waals surface area contributed by atoms with Crippen LogP contribution in [0.3, 0.4) is 0 Å². The molecule has 4 nitrogen and oxygen atoms in total. The lowest BCUT2D eigenvalue weighted by atomic mass is 9.91. The molecule has 2 aromatic rings. The van der Waals surface area contributed by atoms with Gasteiger partial charge in [0.05, 0.1) is 6.04 Å². The zero-order chi connectivity index (χ0) is 18.3. The van der Waals surface area contributed by atoms with E-state index in [0.29, 0.717) is 11.8 Å². The summed E-state index contributed by atoms with van der Waals surface area (Å²) in [4.78, 5) is 19.4. The smallest absolute Gasteiger partial charge is 0.225 e. The Morgan fingerprint density at radius 1 is 1.15 bits per heavy atom. The molecule has 1 aliphatic carbocycles. The Morgan fingerprint density at radius 3 is 2.62 bits per heavy atom. The summed E-state index contributed by atoms with van der Waals surface area (Å²) < 4.78 is 0. The van der Waals surface area contributed by atoms with Crippen molar-refractivity contribution in [3.05, 3.63) is 65.5 Å². The van der Waals surface area contributed by atoms with Crippen LogP contribution >= 0.6 is 0 Å². The van der Waals surface area contributed by atoms with Gasteiger partial charge in [0, 0.05) is 49.3 Å². The van der Waals surface area contributed by atoms with Crippen LogP contribution in [0, 0.1) is 11.3 Å². The zero-order valence-electron chi connectivity index (χ0n) is 15.8. The summed E-state index contributed by atoms with van der Waals surface area (Å²) in [5.74, 6) is 1.06. The number of rotatable bonds is 3. The monoisotopic (exact) mass is 349 g/mol. The summed E-state index contributed by atoms with van der Waals surface area (Å²) in [7, 11) is 0. The second-order valence-corrected chi connectivity index (χ2v) is 8.66. The fraction of sp³-hybridized carbons (Fsp3) is 0.455. The van der Waals surface area contributed by atoms with Crippen molar-refractivity contribution >= 4 is 5.91 Å². The minimum absolute atomic E-state index is 0.113. The maximum absolute atomic E-state index is 12.7. The molecule has 0 saturated carbocycles. The fourth-order valence-corrected chi connectivity index (χ4v) is 4.36. The summed E-state index contributed by atoms with van der Waals surface area (Å²) >= 11 is 0. The molecule has 1 saturated heterocycles. The third-order valence-corrected chi connectivity index (χ3v) is 5.70. The van der Waals surface area contributed by atoms with Gasteiger partial charge in [0.2, 0.25) is 5.91 Å². The first-order valence-corrected chi connectivity index (χ1v) is 9.44. The van der Waals surface area contributed by atoms with E-state index in [9.17, 15) is 4.79 Å². The number of aromatic nitrogens is 1. The van der Waals surface area contributed by atoms with E-state index >= 15 is 0 Å². The third kappa shape index (κ3) is 3.14. The lowest BCUT2D eigenvalue weighted by molar-refractivity contribution is -0.129. The Balaban J connectivity index is 1.57. The Kier molecular flexibility index (Phi) is 4.31. The Labute approximate surface area is 155 Å². The molecule has 3 atom stereocenters. The van der Waals surface area contributed by atoms with Crippen LogP contribution in [0.1, 0.15) is 49.4 Å². The molecule has 0 bridgehead atoms. The highest BCUT2D eigenvalue weighted by atomic mass is 16.2. The van der Waals surface area contributed by atoms with Gasteiger partial charge in [-0.05, 0) is 22.8 Å². The summed E-state index contributed by atoms with van der Waals surface area (Å²) in [5.41, 5.74) is 3.59. The highest BCUT2D eigenvalue weighted by Gasteiger charge is 2.47. The maximum Gasteiger partial charge on any atom is 0.225 e. The van der Waals surface area contributed by atoms with Crippen LogP contribution in [0.5, 0.6) is 0 Å². The molecule has 1 N–H and O–H groups in total. The van der Waals surface area contributed by atoms with Crippen LogP contribution in [0.25, 0.3) is 0 Å². The number of amides is 1. The van der Waals surface area contributed by atoms with Gasteiger partial charge in [-0.2, -0.15) is 0 Å². The molecule has 4 heteroatoms. The van der Waals surface area contributed by atoms with Crippen molar-refractivity contribution in [1.29, 1.82) is 0 Å². The van der Waals surface area contributed by atoms with Crippen LogP contribution < -0.4 is 5.32 Å². The van der Waals surface area contributed by atoms with Crippen molar-refractivity contribution in [3.63, 3.8) is 0 Å². The van der Waals surface area contributed by atoms with Crippen LogP contribution in [0.15, 0.2) is 48.8 Å². The quantitative estimate of drug-likeness (QED) is 0.922. The van der Waals surface area contributed by atoms with E-state index in [0.717, 1.165) is 19.6 Å². The van der Waals surface area contributed by atoms with E-state index in [1.165, 1.54) is 16.7 Å². The lowest BCUT2D eigenvalue weighted by Crippen LogP contribution is -2.40. The summed E-state index contributed by atoms with van der Waals surface area (Å²) in [5, 5.41) is 3.35. The van der Waals surface area contributed by atoms with Crippen molar-refractivity contribution < 1.29 is 4.79 Å². The molecule has 26 heavy (non-hydrogen) atoms. The van der Waals surface area contributed by atoms with Gasteiger partial charge in [0.15, 0.2) is 0 Å². The SMILES string of the molecule is CC(C)(C)C(=O)N[C@@H]1c2ccccc2[C@@H]2CN(Cc3cccnc3)C[C@H]12. The average Bonchev–Trinajstić information content (AvgIpc) is 3.13.